The van der Waals surface area contributed by atoms with Gasteiger partial charge in [-0.2, -0.15) is 0 Å². The lowest BCUT2D eigenvalue weighted by molar-refractivity contribution is 0.0935. The van der Waals surface area contributed by atoms with Crippen molar-refractivity contribution in [3.8, 4) is 0 Å². The molecule has 0 bridgehead atoms. The van der Waals surface area contributed by atoms with Crippen LogP contribution in [-0.2, 0) is 6.42 Å². The molecule has 3 rings (SSSR count). The number of rotatable bonds is 6. The van der Waals surface area contributed by atoms with Crippen LogP contribution in [0.1, 0.15) is 22.3 Å². The third kappa shape index (κ3) is 4.88. The van der Waals surface area contributed by atoms with Crippen molar-refractivity contribution in [1.29, 1.82) is 0 Å². The van der Waals surface area contributed by atoms with E-state index < -0.39 is 0 Å². The molecule has 2 aromatic rings. The maximum absolute atomic E-state index is 12.4. The molecule has 2 aromatic carbocycles. The maximum Gasteiger partial charge on any atom is 0.164 e. The quantitative estimate of drug-likeness (QED) is 0.559. The summed E-state index contributed by atoms with van der Waals surface area (Å²) in [5.41, 5.74) is 2.19. The molecule has 0 aliphatic carbocycles. The molecule has 1 atom stereocenters. The minimum absolute atomic E-state index is 0.239. The molecule has 1 heterocycles. The van der Waals surface area contributed by atoms with E-state index in [2.05, 4.69) is 63.1 Å². The van der Waals surface area contributed by atoms with E-state index in [1.54, 1.807) is 0 Å². The molecule has 0 aromatic heterocycles. The Labute approximate surface area is 157 Å². The lowest BCUT2D eigenvalue weighted by Crippen LogP contribution is -2.52. The molecule has 1 unspecified atom stereocenters. The zero-order valence-corrected chi connectivity index (χ0v) is 15.9. The number of hydrogen-bond donors (Lipinski definition) is 1. The van der Waals surface area contributed by atoms with E-state index >= 15 is 0 Å². The van der Waals surface area contributed by atoms with Crippen molar-refractivity contribution in [3.63, 3.8) is 0 Å². The molecule has 1 aliphatic heterocycles. The smallest absolute Gasteiger partial charge is 0.164 e. The number of nitrogens with zero attached hydrogens (tertiary/aromatic N) is 1. The van der Waals surface area contributed by atoms with Gasteiger partial charge >= 0.3 is 0 Å². The fourth-order valence-corrected chi connectivity index (χ4v) is 3.57. The number of piperazine rings is 1. The van der Waals surface area contributed by atoms with Crippen LogP contribution in [0.4, 0.5) is 0 Å². The molecule has 1 saturated heterocycles. The van der Waals surface area contributed by atoms with Gasteiger partial charge in [-0.1, -0.05) is 42.5 Å². The average Bonchev–Trinajstić information content (AvgIpc) is 2.62. The van der Waals surface area contributed by atoms with Gasteiger partial charge in [-0.05, 0) is 46.7 Å². The van der Waals surface area contributed by atoms with Gasteiger partial charge in [-0.25, -0.2) is 0 Å². The summed E-state index contributed by atoms with van der Waals surface area (Å²) in [4.78, 5) is 14.9. The van der Waals surface area contributed by atoms with Crippen molar-refractivity contribution in [2.45, 2.75) is 18.9 Å². The number of Topliss-reactive ketones (excluding diaryl/α,β-unsaturated/α-hetero) is 1. The topological polar surface area (TPSA) is 32.3 Å². The van der Waals surface area contributed by atoms with Crippen molar-refractivity contribution < 1.29 is 4.79 Å². The van der Waals surface area contributed by atoms with Crippen LogP contribution >= 0.6 is 22.6 Å². The Hall–Kier alpha value is -1.24. The molecule has 3 nitrogen and oxygen atoms in total. The molecule has 1 N–H and O–H groups in total. The van der Waals surface area contributed by atoms with Crippen LogP contribution in [-0.4, -0.2) is 42.9 Å². The second-order valence-corrected chi connectivity index (χ2v) is 7.51. The van der Waals surface area contributed by atoms with Gasteiger partial charge in [0.25, 0.3) is 0 Å². The van der Waals surface area contributed by atoms with Gasteiger partial charge in [0.15, 0.2) is 5.78 Å². The molecule has 4 heteroatoms. The van der Waals surface area contributed by atoms with Crippen molar-refractivity contribution in [2.24, 2.45) is 0 Å². The first-order chi connectivity index (χ1) is 11.7. The average molecular weight is 434 g/mol. The van der Waals surface area contributed by atoms with Crippen LogP contribution in [0.2, 0.25) is 0 Å². The highest BCUT2D eigenvalue weighted by molar-refractivity contribution is 14.1. The molecule has 1 fully saturated rings. The second kappa shape index (κ2) is 8.74. The maximum atomic E-state index is 12.4. The minimum Gasteiger partial charge on any atom is -0.314 e. The number of halogens is 1. The van der Waals surface area contributed by atoms with Gasteiger partial charge in [-0.15, -0.1) is 0 Å². The first-order valence-electron chi connectivity index (χ1n) is 8.50. The van der Waals surface area contributed by atoms with E-state index in [-0.39, 0.29) is 5.78 Å². The Morgan fingerprint density at radius 3 is 2.62 bits per heavy atom. The number of carbonyl (C=O) groups is 1. The normalized spacial score (nSPS) is 18.5. The molecule has 0 radical (unpaired) electrons. The Bertz CT molecular complexity index is 657. The van der Waals surface area contributed by atoms with Crippen LogP contribution in [0.25, 0.3) is 0 Å². The monoisotopic (exact) mass is 434 g/mol. The third-order valence-corrected chi connectivity index (χ3v) is 5.30. The van der Waals surface area contributed by atoms with E-state index in [1.807, 2.05) is 24.3 Å². The van der Waals surface area contributed by atoms with E-state index in [0.717, 1.165) is 41.7 Å². The molecular formula is C20H23IN2O. The molecular weight excluding hydrogens is 411 g/mol. The summed E-state index contributed by atoms with van der Waals surface area (Å²) < 4.78 is 1.16. The van der Waals surface area contributed by atoms with Crippen LogP contribution in [0.5, 0.6) is 0 Å². The van der Waals surface area contributed by atoms with Gasteiger partial charge < -0.3 is 5.32 Å². The minimum atomic E-state index is 0.239. The highest BCUT2D eigenvalue weighted by atomic mass is 127. The molecule has 126 valence electrons. The number of ketones is 1. The molecule has 1 aliphatic rings. The van der Waals surface area contributed by atoms with Gasteiger partial charge in [0.05, 0.1) is 0 Å². The summed E-state index contributed by atoms with van der Waals surface area (Å²) in [5, 5.41) is 3.48. The standard InChI is InChI=1S/C20H23IN2O/c21-18-8-6-17(7-9-18)20(24)10-12-23-13-11-22-15-19(23)14-16-4-2-1-3-5-16/h1-9,19,22H,10-15H2. The van der Waals surface area contributed by atoms with Crippen molar-refractivity contribution in [1.82, 2.24) is 10.2 Å². The van der Waals surface area contributed by atoms with Gasteiger partial charge in [0.2, 0.25) is 0 Å². The predicted molar refractivity (Wildman–Crippen MR) is 106 cm³/mol. The zero-order chi connectivity index (χ0) is 16.8. The number of nitrogens with one attached hydrogen (secondary N) is 1. The van der Waals surface area contributed by atoms with Crippen molar-refractivity contribution in [3.05, 3.63) is 69.3 Å². The summed E-state index contributed by atoms with van der Waals surface area (Å²) in [7, 11) is 0. The molecule has 0 spiro atoms. The second-order valence-electron chi connectivity index (χ2n) is 6.26. The SMILES string of the molecule is O=C(CCN1CCNCC1Cc1ccccc1)c1ccc(I)cc1. The Morgan fingerprint density at radius 2 is 1.88 bits per heavy atom. The Morgan fingerprint density at radius 1 is 1.12 bits per heavy atom. The third-order valence-electron chi connectivity index (χ3n) is 4.58. The number of carbonyl (C=O) groups excluding carboxylic acids is 1. The van der Waals surface area contributed by atoms with Crippen molar-refractivity contribution >= 4 is 28.4 Å². The van der Waals surface area contributed by atoms with Crippen LogP contribution in [0, 0.1) is 3.57 Å². The predicted octanol–water partition coefficient (Wildman–Crippen LogP) is 3.38. The zero-order valence-electron chi connectivity index (χ0n) is 13.7. The van der Waals surface area contributed by atoms with E-state index in [1.165, 1.54) is 5.56 Å². The molecule has 0 saturated carbocycles. The fourth-order valence-electron chi connectivity index (χ4n) is 3.21. The summed E-state index contributed by atoms with van der Waals surface area (Å²) in [6.07, 6.45) is 1.62. The Kier molecular flexibility index (Phi) is 6.40. The van der Waals surface area contributed by atoms with Gasteiger partial charge in [0, 0.05) is 47.8 Å². The Balaban J connectivity index is 1.57. The summed E-state index contributed by atoms with van der Waals surface area (Å²) >= 11 is 2.26. The largest absolute Gasteiger partial charge is 0.314 e. The molecule has 0 amide bonds. The summed E-state index contributed by atoms with van der Waals surface area (Å²) in [6, 6.07) is 18.9. The molecule has 24 heavy (non-hydrogen) atoms. The van der Waals surface area contributed by atoms with Crippen LogP contribution < -0.4 is 5.32 Å². The van der Waals surface area contributed by atoms with Crippen LogP contribution in [0.15, 0.2) is 54.6 Å². The van der Waals surface area contributed by atoms with E-state index in [9.17, 15) is 4.79 Å². The van der Waals surface area contributed by atoms with E-state index in [4.69, 9.17) is 0 Å². The lowest BCUT2D eigenvalue weighted by Gasteiger charge is -2.36. The lowest BCUT2D eigenvalue weighted by atomic mass is 10.0. The van der Waals surface area contributed by atoms with Gasteiger partial charge in [-0.3, -0.25) is 9.69 Å². The first kappa shape index (κ1) is 17.6. The van der Waals surface area contributed by atoms with Crippen molar-refractivity contribution in [2.75, 3.05) is 26.2 Å². The van der Waals surface area contributed by atoms with Crippen LogP contribution in [0.3, 0.4) is 0 Å². The highest BCUT2D eigenvalue weighted by Gasteiger charge is 2.22. The van der Waals surface area contributed by atoms with Gasteiger partial charge in [0.1, 0.15) is 0 Å². The number of benzene rings is 2. The summed E-state index contributed by atoms with van der Waals surface area (Å²) in [6.45, 7) is 3.84. The summed E-state index contributed by atoms with van der Waals surface area (Å²) in [5.74, 6) is 0.239. The number of hydrogen-bond acceptors (Lipinski definition) is 3. The first-order valence-corrected chi connectivity index (χ1v) is 9.58. The fraction of sp³-hybridized carbons (Fsp3) is 0.350. The highest BCUT2D eigenvalue weighted by Crippen LogP contribution is 2.14. The van der Waals surface area contributed by atoms with E-state index in [0.29, 0.717) is 12.5 Å².